The number of unbranched alkanes of at least 4 members (excludes halogenated alkanes) is 1. The van der Waals surface area contributed by atoms with Crippen molar-refractivity contribution in [2.24, 2.45) is 0 Å². The predicted molar refractivity (Wildman–Crippen MR) is 112 cm³/mol. The molecule has 0 aliphatic carbocycles. The highest BCUT2D eigenvalue weighted by atomic mass is 16.6. The normalized spacial score (nSPS) is 10.7. The van der Waals surface area contributed by atoms with Crippen molar-refractivity contribution in [3.05, 3.63) is 78.1 Å². The Morgan fingerprint density at radius 2 is 1.90 bits per heavy atom. The molecule has 1 heterocycles. The van der Waals surface area contributed by atoms with Gasteiger partial charge >= 0.3 is 5.97 Å². The van der Waals surface area contributed by atoms with E-state index in [0.717, 1.165) is 30.6 Å². The van der Waals surface area contributed by atoms with Crippen LogP contribution in [-0.2, 0) is 22.6 Å². The SMILES string of the molecule is CCCCOC(=O)COc1cccc(CNCc2ccc(-n3cccn3)cc2)c1. The van der Waals surface area contributed by atoms with Crippen LogP contribution in [-0.4, -0.2) is 29.0 Å². The van der Waals surface area contributed by atoms with E-state index in [1.165, 1.54) is 5.56 Å². The Bertz CT molecular complexity index is 877. The number of ether oxygens (including phenoxy) is 2. The van der Waals surface area contributed by atoms with Gasteiger partial charge in [0.05, 0.1) is 12.3 Å². The van der Waals surface area contributed by atoms with Gasteiger partial charge in [0.1, 0.15) is 5.75 Å². The summed E-state index contributed by atoms with van der Waals surface area (Å²) in [5, 5.41) is 7.66. The molecule has 0 saturated heterocycles. The number of carbonyl (C=O) groups excluding carboxylic acids is 1. The number of benzene rings is 2. The molecule has 0 aliphatic rings. The molecule has 0 fully saturated rings. The van der Waals surface area contributed by atoms with Crippen LogP contribution in [0.25, 0.3) is 5.69 Å². The number of aromatic nitrogens is 2. The molecule has 1 aromatic heterocycles. The van der Waals surface area contributed by atoms with E-state index < -0.39 is 0 Å². The Hall–Kier alpha value is -3.12. The van der Waals surface area contributed by atoms with E-state index in [1.54, 1.807) is 6.20 Å². The maximum Gasteiger partial charge on any atom is 0.344 e. The first-order valence-electron chi connectivity index (χ1n) is 9.91. The van der Waals surface area contributed by atoms with E-state index in [-0.39, 0.29) is 12.6 Å². The lowest BCUT2D eigenvalue weighted by molar-refractivity contribution is -0.146. The van der Waals surface area contributed by atoms with Crippen LogP contribution in [0, 0.1) is 0 Å². The van der Waals surface area contributed by atoms with Crippen LogP contribution in [0.2, 0.25) is 0 Å². The summed E-state index contributed by atoms with van der Waals surface area (Å²) in [5.74, 6) is 0.334. The molecule has 0 unspecified atom stereocenters. The van der Waals surface area contributed by atoms with E-state index in [9.17, 15) is 4.79 Å². The summed E-state index contributed by atoms with van der Waals surface area (Å²) in [7, 11) is 0. The van der Waals surface area contributed by atoms with E-state index in [4.69, 9.17) is 9.47 Å². The van der Waals surface area contributed by atoms with Gasteiger partial charge in [0, 0.05) is 25.5 Å². The highest BCUT2D eigenvalue weighted by molar-refractivity contribution is 5.71. The fourth-order valence-corrected chi connectivity index (χ4v) is 2.80. The lowest BCUT2D eigenvalue weighted by Gasteiger charge is -2.09. The van der Waals surface area contributed by atoms with Crippen molar-refractivity contribution in [3.63, 3.8) is 0 Å². The minimum atomic E-state index is -0.333. The zero-order chi connectivity index (χ0) is 20.3. The molecular formula is C23H27N3O3. The minimum absolute atomic E-state index is 0.0663. The minimum Gasteiger partial charge on any atom is -0.482 e. The fraction of sp³-hybridized carbons (Fsp3) is 0.304. The van der Waals surface area contributed by atoms with E-state index in [2.05, 4.69) is 41.6 Å². The zero-order valence-electron chi connectivity index (χ0n) is 16.7. The maximum atomic E-state index is 11.6. The van der Waals surface area contributed by atoms with Crippen molar-refractivity contribution in [3.8, 4) is 11.4 Å². The molecule has 0 radical (unpaired) electrons. The number of nitrogens with zero attached hydrogens (tertiary/aromatic N) is 2. The Morgan fingerprint density at radius 1 is 1.07 bits per heavy atom. The molecular weight excluding hydrogens is 366 g/mol. The number of hydrogen-bond acceptors (Lipinski definition) is 5. The Balaban J connectivity index is 1.42. The number of rotatable bonds is 11. The molecule has 6 heteroatoms. The van der Waals surface area contributed by atoms with Crippen LogP contribution in [0.15, 0.2) is 67.0 Å². The van der Waals surface area contributed by atoms with E-state index in [1.807, 2.05) is 41.2 Å². The third kappa shape index (κ3) is 6.76. The summed E-state index contributed by atoms with van der Waals surface area (Å²) in [5.41, 5.74) is 3.33. The number of carbonyl (C=O) groups is 1. The molecule has 0 aliphatic heterocycles. The molecule has 152 valence electrons. The van der Waals surface area contributed by atoms with Crippen LogP contribution in [0.3, 0.4) is 0 Å². The molecule has 3 rings (SSSR count). The second-order valence-electron chi connectivity index (χ2n) is 6.73. The molecule has 29 heavy (non-hydrogen) atoms. The fourth-order valence-electron chi connectivity index (χ4n) is 2.80. The van der Waals surface area contributed by atoms with Gasteiger partial charge in [-0.3, -0.25) is 0 Å². The molecule has 0 bridgehead atoms. The van der Waals surface area contributed by atoms with Crippen LogP contribution in [0.5, 0.6) is 5.75 Å². The summed E-state index contributed by atoms with van der Waals surface area (Å²) in [6, 6.07) is 17.9. The average molecular weight is 393 g/mol. The van der Waals surface area contributed by atoms with Crippen molar-refractivity contribution in [1.82, 2.24) is 15.1 Å². The molecule has 1 N–H and O–H groups in total. The Labute approximate surface area is 171 Å². The van der Waals surface area contributed by atoms with Gasteiger partial charge in [-0.15, -0.1) is 0 Å². The highest BCUT2D eigenvalue weighted by Crippen LogP contribution is 2.14. The van der Waals surface area contributed by atoms with Gasteiger partial charge in [-0.2, -0.15) is 5.10 Å². The lowest BCUT2D eigenvalue weighted by Crippen LogP contribution is -2.16. The van der Waals surface area contributed by atoms with Crippen molar-refractivity contribution >= 4 is 5.97 Å². The largest absolute Gasteiger partial charge is 0.482 e. The summed E-state index contributed by atoms with van der Waals surface area (Å²) < 4.78 is 12.5. The molecule has 0 amide bonds. The van der Waals surface area contributed by atoms with E-state index >= 15 is 0 Å². The van der Waals surface area contributed by atoms with Crippen LogP contribution in [0.4, 0.5) is 0 Å². The quantitative estimate of drug-likeness (QED) is 0.396. The first-order chi connectivity index (χ1) is 14.2. The smallest absolute Gasteiger partial charge is 0.344 e. The summed E-state index contributed by atoms with van der Waals surface area (Å²) in [4.78, 5) is 11.6. The van der Waals surface area contributed by atoms with Gasteiger partial charge in [-0.1, -0.05) is 37.6 Å². The van der Waals surface area contributed by atoms with Crippen LogP contribution in [0.1, 0.15) is 30.9 Å². The van der Waals surface area contributed by atoms with Crippen molar-refractivity contribution < 1.29 is 14.3 Å². The highest BCUT2D eigenvalue weighted by Gasteiger charge is 2.05. The van der Waals surface area contributed by atoms with Gasteiger partial charge in [0.15, 0.2) is 6.61 Å². The third-order valence-electron chi connectivity index (χ3n) is 4.38. The standard InChI is InChI=1S/C23H27N3O3/c1-2-3-14-28-23(27)18-29-22-7-4-6-20(15-22)17-24-16-19-8-10-21(11-9-19)26-13-5-12-25-26/h4-13,15,24H,2-3,14,16-18H2,1H3. The molecule has 3 aromatic rings. The topological polar surface area (TPSA) is 65.4 Å². The number of esters is 1. The first-order valence-corrected chi connectivity index (χ1v) is 9.91. The van der Waals surface area contributed by atoms with Crippen LogP contribution < -0.4 is 10.1 Å². The summed E-state index contributed by atoms with van der Waals surface area (Å²) in [6.45, 7) is 3.90. The zero-order valence-corrected chi connectivity index (χ0v) is 16.7. The van der Waals surface area contributed by atoms with Gasteiger partial charge in [0.25, 0.3) is 0 Å². The second kappa shape index (κ2) is 11.0. The second-order valence-corrected chi connectivity index (χ2v) is 6.73. The van der Waals surface area contributed by atoms with E-state index in [0.29, 0.717) is 18.9 Å². The van der Waals surface area contributed by atoms with Crippen molar-refractivity contribution in [1.29, 1.82) is 0 Å². The molecule has 0 spiro atoms. The maximum absolute atomic E-state index is 11.6. The van der Waals surface area contributed by atoms with Gasteiger partial charge < -0.3 is 14.8 Å². The lowest BCUT2D eigenvalue weighted by atomic mass is 10.2. The summed E-state index contributed by atoms with van der Waals surface area (Å²) >= 11 is 0. The van der Waals surface area contributed by atoms with Gasteiger partial charge in [-0.25, -0.2) is 9.48 Å². The molecule has 0 saturated carbocycles. The monoisotopic (exact) mass is 393 g/mol. The predicted octanol–water partition coefficient (Wildman–Crippen LogP) is 3.88. The Morgan fingerprint density at radius 3 is 2.66 bits per heavy atom. The first kappa shape index (κ1) is 20.6. The van der Waals surface area contributed by atoms with Crippen LogP contribution >= 0.6 is 0 Å². The van der Waals surface area contributed by atoms with Gasteiger partial charge in [-0.05, 0) is 47.9 Å². The Kier molecular flexibility index (Phi) is 7.83. The molecule has 2 aromatic carbocycles. The summed E-state index contributed by atoms with van der Waals surface area (Å²) in [6.07, 6.45) is 5.56. The number of nitrogens with one attached hydrogen (secondary N) is 1. The van der Waals surface area contributed by atoms with Gasteiger partial charge in [0.2, 0.25) is 0 Å². The number of hydrogen-bond donors (Lipinski definition) is 1. The van der Waals surface area contributed by atoms with Crippen molar-refractivity contribution in [2.75, 3.05) is 13.2 Å². The molecule has 6 nitrogen and oxygen atoms in total. The average Bonchev–Trinajstić information content (AvgIpc) is 3.28. The molecule has 0 atom stereocenters. The third-order valence-corrected chi connectivity index (χ3v) is 4.38. The van der Waals surface area contributed by atoms with Crippen molar-refractivity contribution in [2.45, 2.75) is 32.9 Å².